The molecule has 6 unspecified atom stereocenters. The number of ether oxygens (including phenoxy) is 1. The molecule has 0 aromatic heterocycles. The highest BCUT2D eigenvalue weighted by Gasteiger charge is 2.31. The first kappa shape index (κ1) is 26.5. The van der Waals surface area contributed by atoms with Crippen LogP contribution in [0.3, 0.4) is 0 Å². The molecule has 1 rings (SSSR count). The van der Waals surface area contributed by atoms with Crippen molar-refractivity contribution in [3.63, 3.8) is 0 Å². The molecule has 0 saturated heterocycles. The zero-order chi connectivity index (χ0) is 22.4. The van der Waals surface area contributed by atoms with Crippen molar-refractivity contribution in [3.05, 3.63) is 0 Å². The molecule has 1 saturated carbocycles. The van der Waals surface area contributed by atoms with Gasteiger partial charge >= 0.3 is 5.97 Å². The maximum Gasteiger partial charge on any atom is 0.308 e. The molecule has 0 N–H and O–H groups in total. The van der Waals surface area contributed by atoms with Crippen molar-refractivity contribution in [3.8, 4) is 0 Å². The van der Waals surface area contributed by atoms with E-state index in [0.717, 1.165) is 31.1 Å². The van der Waals surface area contributed by atoms with E-state index < -0.39 is 0 Å². The highest BCUT2D eigenvalue weighted by atomic mass is 16.5. The third-order valence-electron chi connectivity index (χ3n) is 7.10. The molecule has 0 bridgehead atoms. The van der Waals surface area contributed by atoms with E-state index in [4.69, 9.17) is 4.74 Å². The summed E-state index contributed by atoms with van der Waals surface area (Å²) in [5.74, 6) is 3.34. The monoisotopic (exact) mass is 408 g/mol. The van der Waals surface area contributed by atoms with Crippen molar-refractivity contribution >= 4 is 5.97 Å². The molecule has 0 aromatic carbocycles. The van der Waals surface area contributed by atoms with Crippen LogP contribution in [0.25, 0.3) is 0 Å². The molecule has 0 amide bonds. The first-order chi connectivity index (χ1) is 13.2. The minimum absolute atomic E-state index is 0.0689. The summed E-state index contributed by atoms with van der Waals surface area (Å²) in [5, 5.41) is 0. The van der Waals surface area contributed by atoms with Crippen molar-refractivity contribution in [2.75, 3.05) is 6.61 Å². The normalized spacial score (nSPS) is 26.6. The van der Waals surface area contributed by atoms with Gasteiger partial charge in [0.1, 0.15) is 0 Å². The number of esters is 1. The lowest BCUT2D eigenvalue weighted by Gasteiger charge is -2.33. The molecule has 1 aliphatic rings. The van der Waals surface area contributed by atoms with Gasteiger partial charge in [-0.25, -0.2) is 0 Å². The Morgan fingerprint density at radius 3 is 2.00 bits per heavy atom. The molecule has 0 heterocycles. The summed E-state index contributed by atoms with van der Waals surface area (Å²) in [7, 11) is 0. The molecule has 0 radical (unpaired) electrons. The Hall–Kier alpha value is -0.530. The van der Waals surface area contributed by atoms with Gasteiger partial charge in [-0.2, -0.15) is 0 Å². The molecule has 0 aliphatic heterocycles. The topological polar surface area (TPSA) is 26.3 Å². The smallest absolute Gasteiger partial charge is 0.308 e. The standard InChI is InChI=1S/C27H52O2/c1-19(16-26(5,6)7)11-13-24(22(4)17-27(8,9)10)18-29-25(28)23-14-12-20(2)21(3)15-23/h19-24H,11-18H2,1-10H3. The van der Waals surface area contributed by atoms with E-state index in [2.05, 4.69) is 69.2 Å². The summed E-state index contributed by atoms with van der Waals surface area (Å²) in [6.07, 6.45) is 8.01. The number of hydrogen-bond acceptors (Lipinski definition) is 2. The first-order valence-corrected chi connectivity index (χ1v) is 12.3. The number of carbonyl (C=O) groups is 1. The summed E-state index contributed by atoms with van der Waals surface area (Å²) in [6.45, 7) is 23.9. The van der Waals surface area contributed by atoms with Crippen LogP contribution in [-0.2, 0) is 9.53 Å². The lowest BCUT2D eigenvalue weighted by Crippen LogP contribution is -2.30. The van der Waals surface area contributed by atoms with Gasteiger partial charge in [0.05, 0.1) is 12.5 Å². The minimum atomic E-state index is 0.0689. The van der Waals surface area contributed by atoms with E-state index in [1.807, 2.05) is 0 Å². The summed E-state index contributed by atoms with van der Waals surface area (Å²) in [5.41, 5.74) is 0.695. The Kier molecular flexibility index (Phi) is 10.2. The zero-order valence-electron chi connectivity index (χ0n) is 21.4. The second-order valence-electron chi connectivity index (χ2n) is 13.0. The van der Waals surface area contributed by atoms with Crippen molar-refractivity contribution in [1.82, 2.24) is 0 Å². The molecule has 6 atom stereocenters. The van der Waals surface area contributed by atoms with E-state index in [0.29, 0.717) is 35.2 Å². The fourth-order valence-corrected chi connectivity index (χ4v) is 5.38. The van der Waals surface area contributed by atoms with E-state index in [1.165, 1.54) is 25.7 Å². The summed E-state index contributed by atoms with van der Waals surface area (Å²) in [6, 6.07) is 0. The molecular weight excluding hydrogens is 356 g/mol. The molecule has 1 fully saturated rings. The second kappa shape index (κ2) is 11.2. The fourth-order valence-electron chi connectivity index (χ4n) is 5.38. The number of carbonyl (C=O) groups excluding carboxylic acids is 1. The molecule has 0 spiro atoms. The van der Waals surface area contributed by atoms with Crippen LogP contribution in [0.2, 0.25) is 0 Å². The van der Waals surface area contributed by atoms with Crippen molar-refractivity contribution < 1.29 is 9.53 Å². The summed E-state index contributed by atoms with van der Waals surface area (Å²) in [4.78, 5) is 12.8. The SMILES string of the molecule is CC(CCC(COC(=O)C1CCC(C)C(C)C1)C(C)CC(C)(C)C)CC(C)(C)C. The Labute approximate surface area is 182 Å². The van der Waals surface area contributed by atoms with Gasteiger partial charge in [-0.05, 0) is 78.9 Å². The van der Waals surface area contributed by atoms with Gasteiger partial charge in [0.2, 0.25) is 0 Å². The predicted molar refractivity (Wildman–Crippen MR) is 126 cm³/mol. The van der Waals surface area contributed by atoms with E-state index >= 15 is 0 Å². The van der Waals surface area contributed by atoms with Crippen LogP contribution < -0.4 is 0 Å². The Balaban J connectivity index is 2.64. The van der Waals surface area contributed by atoms with Gasteiger partial charge in [-0.1, -0.05) is 75.7 Å². The van der Waals surface area contributed by atoms with Crippen LogP contribution in [0.15, 0.2) is 0 Å². The second-order valence-corrected chi connectivity index (χ2v) is 13.0. The van der Waals surface area contributed by atoms with Crippen molar-refractivity contribution in [1.29, 1.82) is 0 Å². The maximum absolute atomic E-state index is 12.8. The fraction of sp³-hybridized carbons (Fsp3) is 0.963. The van der Waals surface area contributed by atoms with Crippen LogP contribution in [0.4, 0.5) is 0 Å². The summed E-state index contributed by atoms with van der Waals surface area (Å²) < 4.78 is 5.96. The Bertz CT molecular complexity index is 482. The van der Waals surface area contributed by atoms with E-state index in [9.17, 15) is 4.79 Å². The molecule has 0 aromatic rings. The third-order valence-corrected chi connectivity index (χ3v) is 7.10. The van der Waals surface area contributed by atoms with Crippen LogP contribution in [-0.4, -0.2) is 12.6 Å². The van der Waals surface area contributed by atoms with Crippen LogP contribution in [0.1, 0.15) is 114 Å². The number of hydrogen-bond donors (Lipinski definition) is 0. The maximum atomic E-state index is 12.8. The zero-order valence-corrected chi connectivity index (χ0v) is 21.4. The lowest BCUT2D eigenvalue weighted by atomic mass is 9.75. The molecule has 2 nitrogen and oxygen atoms in total. The highest BCUT2D eigenvalue weighted by Crippen LogP contribution is 2.36. The quantitative estimate of drug-likeness (QED) is 0.360. The van der Waals surface area contributed by atoms with Crippen LogP contribution in [0, 0.1) is 46.3 Å². The number of rotatable bonds is 9. The first-order valence-electron chi connectivity index (χ1n) is 12.3. The average Bonchev–Trinajstić information content (AvgIpc) is 2.53. The van der Waals surface area contributed by atoms with Crippen molar-refractivity contribution in [2.24, 2.45) is 46.3 Å². The van der Waals surface area contributed by atoms with Gasteiger partial charge in [0.25, 0.3) is 0 Å². The molecule has 172 valence electrons. The van der Waals surface area contributed by atoms with Gasteiger partial charge in [-0.15, -0.1) is 0 Å². The molecule has 1 aliphatic carbocycles. The Morgan fingerprint density at radius 1 is 0.897 bits per heavy atom. The van der Waals surface area contributed by atoms with Crippen molar-refractivity contribution in [2.45, 2.75) is 114 Å². The predicted octanol–water partition coefficient (Wildman–Crippen LogP) is 8.14. The van der Waals surface area contributed by atoms with Gasteiger partial charge in [0, 0.05) is 0 Å². The largest absolute Gasteiger partial charge is 0.465 e. The molecule has 2 heteroatoms. The lowest BCUT2D eigenvalue weighted by molar-refractivity contribution is -0.152. The summed E-state index contributed by atoms with van der Waals surface area (Å²) >= 11 is 0. The highest BCUT2D eigenvalue weighted by molar-refractivity contribution is 5.72. The molecular formula is C27H52O2. The Morgan fingerprint density at radius 2 is 1.48 bits per heavy atom. The van der Waals surface area contributed by atoms with E-state index in [1.54, 1.807) is 0 Å². The molecule has 29 heavy (non-hydrogen) atoms. The van der Waals surface area contributed by atoms with Gasteiger partial charge in [-0.3, -0.25) is 4.79 Å². The minimum Gasteiger partial charge on any atom is -0.465 e. The third kappa shape index (κ3) is 10.9. The van der Waals surface area contributed by atoms with Crippen LogP contribution >= 0.6 is 0 Å². The van der Waals surface area contributed by atoms with Gasteiger partial charge < -0.3 is 4.74 Å². The van der Waals surface area contributed by atoms with Crippen LogP contribution in [0.5, 0.6) is 0 Å². The average molecular weight is 409 g/mol. The van der Waals surface area contributed by atoms with E-state index in [-0.39, 0.29) is 11.9 Å². The van der Waals surface area contributed by atoms with Gasteiger partial charge in [0.15, 0.2) is 0 Å².